The largest absolute Gasteiger partial charge is 0.409 e. The lowest BCUT2D eigenvalue weighted by atomic mass is 9.96. The van der Waals surface area contributed by atoms with Crippen molar-refractivity contribution in [3.63, 3.8) is 0 Å². The normalized spacial score (nSPS) is 11.0. The number of hydrogen-bond donors (Lipinski definition) is 3. The van der Waals surface area contributed by atoms with Crippen LogP contribution in [0.3, 0.4) is 0 Å². The molecule has 116 valence electrons. The number of aromatic nitrogens is 2. The SMILES string of the molecule is CC(C)(C)C(=O)NNC(=O)c1ccc(-c2n[nH]c(=S)o2)cc1. The molecule has 0 bridgehead atoms. The van der Waals surface area contributed by atoms with Gasteiger partial charge in [-0.3, -0.25) is 20.4 Å². The summed E-state index contributed by atoms with van der Waals surface area (Å²) in [6, 6.07) is 6.55. The van der Waals surface area contributed by atoms with Crippen LogP contribution < -0.4 is 10.9 Å². The van der Waals surface area contributed by atoms with Gasteiger partial charge >= 0.3 is 0 Å². The highest BCUT2D eigenvalue weighted by molar-refractivity contribution is 7.71. The Morgan fingerprint density at radius 3 is 2.32 bits per heavy atom. The maximum Gasteiger partial charge on any atom is 0.284 e. The number of benzene rings is 1. The van der Waals surface area contributed by atoms with Crippen molar-refractivity contribution < 1.29 is 14.0 Å². The molecular formula is C14H16N4O3S. The zero-order valence-corrected chi connectivity index (χ0v) is 13.2. The van der Waals surface area contributed by atoms with Crippen LogP contribution in [0.5, 0.6) is 0 Å². The lowest BCUT2D eigenvalue weighted by Gasteiger charge is -2.17. The van der Waals surface area contributed by atoms with E-state index in [4.69, 9.17) is 16.6 Å². The van der Waals surface area contributed by atoms with E-state index in [9.17, 15) is 9.59 Å². The molecular weight excluding hydrogens is 304 g/mol. The Hall–Kier alpha value is -2.48. The molecule has 8 heteroatoms. The lowest BCUT2D eigenvalue weighted by Crippen LogP contribution is -2.46. The summed E-state index contributed by atoms with van der Waals surface area (Å²) in [5, 5.41) is 6.42. The molecule has 1 aromatic heterocycles. The molecule has 0 aliphatic rings. The number of aromatic amines is 1. The van der Waals surface area contributed by atoms with Crippen LogP contribution in [0.15, 0.2) is 28.7 Å². The summed E-state index contributed by atoms with van der Waals surface area (Å²) < 4.78 is 5.18. The summed E-state index contributed by atoms with van der Waals surface area (Å²) in [5.41, 5.74) is 5.25. The molecule has 0 spiro atoms. The number of carbonyl (C=O) groups is 2. The van der Waals surface area contributed by atoms with Crippen LogP contribution in [-0.4, -0.2) is 22.0 Å². The van der Waals surface area contributed by atoms with Crippen LogP contribution in [0, 0.1) is 10.3 Å². The van der Waals surface area contributed by atoms with E-state index >= 15 is 0 Å². The fraction of sp³-hybridized carbons (Fsp3) is 0.286. The average Bonchev–Trinajstić information content (AvgIpc) is 2.90. The topological polar surface area (TPSA) is 100 Å². The molecule has 0 radical (unpaired) electrons. The van der Waals surface area contributed by atoms with Gasteiger partial charge in [0, 0.05) is 16.5 Å². The molecule has 2 rings (SSSR count). The Balaban J connectivity index is 2.03. The molecule has 1 heterocycles. The number of nitrogens with zero attached hydrogens (tertiary/aromatic N) is 1. The second-order valence-electron chi connectivity index (χ2n) is 5.65. The van der Waals surface area contributed by atoms with Crippen molar-refractivity contribution in [1.29, 1.82) is 0 Å². The van der Waals surface area contributed by atoms with Gasteiger partial charge < -0.3 is 4.42 Å². The predicted octanol–water partition coefficient (Wildman–Crippen LogP) is 2.21. The Kier molecular flexibility index (Phi) is 4.41. The van der Waals surface area contributed by atoms with Crippen LogP contribution in [0.25, 0.3) is 11.5 Å². The second kappa shape index (κ2) is 6.10. The number of hydrogen-bond acceptors (Lipinski definition) is 5. The van der Waals surface area contributed by atoms with Gasteiger partial charge in [-0.2, -0.15) is 0 Å². The van der Waals surface area contributed by atoms with Crippen molar-refractivity contribution in [2.75, 3.05) is 0 Å². The summed E-state index contributed by atoms with van der Waals surface area (Å²) in [5.74, 6) is -0.337. The molecule has 7 nitrogen and oxygen atoms in total. The van der Waals surface area contributed by atoms with E-state index < -0.39 is 11.3 Å². The molecule has 0 unspecified atom stereocenters. The van der Waals surface area contributed by atoms with Crippen molar-refractivity contribution in [1.82, 2.24) is 21.0 Å². The van der Waals surface area contributed by atoms with E-state index in [0.717, 1.165) is 0 Å². The first-order valence-corrected chi connectivity index (χ1v) is 6.95. The van der Waals surface area contributed by atoms with Gasteiger partial charge in [0.1, 0.15) is 0 Å². The maximum atomic E-state index is 11.9. The van der Waals surface area contributed by atoms with Crippen LogP contribution in [-0.2, 0) is 4.79 Å². The second-order valence-corrected chi connectivity index (χ2v) is 6.02. The average molecular weight is 320 g/mol. The van der Waals surface area contributed by atoms with Crippen molar-refractivity contribution in [2.45, 2.75) is 20.8 Å². The highest BCUT2D eigenvalue weighted by atomic mass is 32.1. The van der Waals surface area contributed by atoms with Crippen LogP contribution in [0.4, 0.5) is 0 Å². The number of carbonyl (C=O) groups excluding carboxylic acids is 2. The summed E-state index contributed by atoms with van der Waals surface area (Å²) in [7, 11) is 0. The number of rotatable bonds is 2. The Bertz CT molecular complexity index is 740. The molecule has 0 saturated heterocycles. The summed E-state index contributed by atoms with van der Waals surface area (Å²) >= 11 is 4.80. The number of nitrogens with one attached hydrogen (secondary N) is 3. The third-order valence-corrected chi connectivity index (χ3v) is 2.98. The standard InChI is InChI=1S/C14H16N4O3S/c1-14(2,3)12(20)17-15-10(19)8-4-6-9(7-5-8)11-16-18-13(22)21-11/h4-7H,1-3H3,(H,15,19)(H,17,20)(H,18,22). The van der Waals surface area contributed by atoms with Gasteiger partial charge in [-0.15, -0.1) is 5.10 Å². The minimum Gasteiger partial charge on any atom is -0.409 e. The van der Waals surface area contributed by atoms with Gasteiger partial charge in [0.2, 0.25) is 11.8 Å². The quantitative estimate of drug-likeness (QED) is 0.582. The molecule has 2 amide bonds. The highest BCUT2D eigenvalue weighted by Gasteiger charge is 2.21. The summed E-state index contributed by atoms with van der Waals surface area (Å²) in [6.07, 6.45) is 0. The third-order valence-electron chi connectivity index (χ3n) is 2.80. The van der Waals surface area contributed by atoms with Crippen molar-refractivity contribution in [3.8, 4) is 11.5 Å². The number of amides is 2. The third kappa shape index (κ3) is 3.79. The van der Waals surface area contributed by atoms with Gasteiger partial charge in [0.25, 0.3) is 10.7 Å². The molecule has 0 saturated carbocycles. The van der Waals surface area contributed by atoms with Crippen molar-refractivity contribution in [2.24, 2.45) is 5.41 Å². The van der Waals surface area contributed by atoms with Gasteiger partial charge in [-0.25, -0.2) is 5.10 Å². The minimum atomic E-state index is -0.583. The molecule has 0 atom stereocenters. The summed E-state index contributed by atoms with van der Waals surface area (Å²) in [4.78, 5) is 23.8. The number of hydrazine groups is 1. The monoisotopic (exact) mass is 320 g/mol. The molecule has 1 aromatic carbocycles. The lowest BCUT2D eigenvalue weighted by molar-refractivity contribution is -0.129. The first-order chi connectivity index (χ1) is 10.3. The molecule has 0 aliphatic carbocycles. The molecule has 0 fully saturated rings. The van der Waals surface area contributed by atoms with Crippen LogP contribution in [0.2, 0.25) is 0 Å². The fourth-order valence-corrected chi connectivity index (χ4v) is 1.62. The van der Waals surface area contributed by atoms with E-state index in [1.54, 1.807) is 45.0 Å². The highest BCUT2D eigenvalue weighted by Crippen LogP contribution is 2.17. The zero-order chi connectivity index (χ0) is 16.3. The Morgan fingerprint density at radius 1 is 1.18 bits per heavy atom. The van der Waals surface area contributed by atoms with Gasteiger partial charge in [0.05, 0.1) is 0 Å². The number of H-pyrrole nitrogens is 1. The van der Waals surface area contributed by atoms with Gasteiger partial charge in [0.15, 0.2) is 0 Å². The minimum absolute atomic E-state index is 0.182. The molecule has 3 N–H and O–H groups in total. The molecule has 22 heavy (non-hydrogen) atoms. The van der Waals surface area contributed by atoms with E-state index in [2.05, 4.69) is 21.0 Å². The van der Waals surface area contributed by atoms with Crippen molar-refractivity contribution >= 4 is 24.0 Å². The molecule has 2 aromatic rings. The van der Waals surface area contributed by atoms with Gasteiger partial charge in [-0.1, -0.05) is 20.8 Å². The van der Waals surface area contributed by atoms with Gasteiger partial charge in [-0.05, 0) is 36.5 Å². The van der Waals surface area contributed by atoms with Crippen molar-refractivity contribution in [3.05, 3.63) is 34.7 Å². The maximum absolute atomic E-state index is 11.9. The summed E-state index contributed by atoms with van der Waals surface area (Å²) in [6.45, 7) is 5.26. The van der Waals surface area contributed by atoms with E-state index in [1.807, 2.05) is 0 Å². The van der Waals surface area contributed by atoms with E-state index in [0.29, 0.717) is 17.0 Å². The Morgan fingerprint density at radius 2 is 1.82 bits per heavy atom. The first kappa shape index (κ1) is 15.9. The predicted molar refractivity (Wildman–Crippen MR) is 82.2 cm³/mol. The van der Waals surface area contributed by atoms with Crippen LogP contribution in [0.1, 0.15) is 31.1 Å². The smallest absolute Gasteiger partial charge is 0.284 e. The van der Waals surface area contributed by atoms with Crippen LogP contribution >= 0.6 is 12.2 Å². The Labute approximate surface area is 132 Å². The first-order valence-electron chi connectivity index (χ1n) is 6.54. The van der Waals surface area contributed by atoms with E-state index in [1.165, 1.54) is 0 Å². The fourth-order valence-electron chi connectivity index (χ4n) is 1.49. The molecule has 0 aliphatic heterocycles. The zero-order valence-electron chi connectivity index (χ0n) is 12.4. The van der Waals surface area contributed by atoms with E-state index in [-0.39, 0.29) is 10.7 Å².